The summed E-state index contributed by atoms with van der Waals surface area (Å²) in [6.45, 7) is 19.5. The lowest BCUT2D eigenvalue weighted by atomic mass is 9.77. The minimum absolute atomic E-state index is 0.0173. The lowest BCUT2D eigenvalue weighted by molar-refractivity contribution is -0.318. The number of unbranched alkanes of at least 4 members (excludes halogenated alkanes) is 9. The molecular weight excluding hydrogens is 1100 g/mol. The molecule has 0 saturated carbocycles. The Morgan fingerprint density at radius 2 is 1.40 bits per heavy atom. The number of thioether (sulfide) groups is 1. The topological polar surface area (TPSA) is 279 Å². The number of hydrogen-bond acceptors (Lipinski definition) is 18. The van der Waals surface area contributed by atoms with Crippen LogP contribution in [0.4, 0.5) is 4.79 Å². The maximum atomic E-state index is 14.6. The molecule has 488 valence electrons. The molecular formula is C62H114N6O15S. The predicted octanol–water partition coefficient (Wildman–Crippen LogP) is 5.52. The van der Waals surface area contributed by atoms with Gasteiger partial charge in [0.25, 0.3) is 0 Å². The number of nitrogens with zero attached hydrogens (tertiary/aromatic N) is 2. The normalized spacial score (nSPS) is 39.2. The molecule has 21 nitrogen and oxygen atoms in total. The number of aliphatic hydroxyl groups excluding tert-OH is 3. The van der Waals surface area contributed by atoms with Gasteiger partial charge in [0, 0.05) is 81.6 Å². The van der Waals surface area contributed by atoms with Crippen LogP contribution in [0.25, 0.3) is 0 Å². The van der Waals surface area contributed by atoms with E-state index < -0.39 is 96.0 Å². The van der Waals surface area contributed by atoms with Crippen LogP contribution in [0.1, 0.15) is 191 Å². The van der Waals surface area contributed by atoms with Gasteiger partial charge in [0.15, 0.2) is 12.6 Å². The fourth-order valence-corrected chi connectivity index (χ4v) is 15.3. The van der Waals surface area contributed by atoms with E-state index in [0.717, 1.165) is 82.8 Å². The van der Waals surface area contributed by atoms with E-state index >= 15 is 0 Å². The quantitative estimate of drug-likeness (QED) is 0.0265. The van der Waals surface area contributed by atoms with Gasteiger partial charge in [0.05, 0.1) is 53.6 Å². The predicted molar refractivity (Wildman–Crippen MR) is 324 cm³/mol. The Hall–Kier alpha value is -2.45. The van der Waals surface area contributed by atoms with E-state index in [0.29, 0.717) is 57.1 Å². The maximum absolute atomic E-state index is 14.6. The Kier molecular flexibility index (Phi) is 29.2. The van der Waals surface area contributed by atoms with Crippen molar-refractivity contribution in [2.45, 2.75) is 299 Å². The Morgan fingerprint density at radius 1 is 0.798 bits per heavy atom. The van der Waals surface area contributed by atoms with Gasteiger partial charge in [-0.05, 0) is 120 Å². The van der Waals surface area contributed by atoms with Gasteiger partial charge in [-0.2, -0.15) is 11.8 Å². The van der Waals surface area contributed by atoms with Crippen molar-refractivity contribution < 1.29 is 73.1 Å². The SMILES string of the molecule is CC[C@H]1OC(=O)[C@H](C)[C@@H](O[C@H]2C[C@@](C)(OC)[C@@H](O)[C@H](C)O2)[C@H](C)[C@@H](O[C@@H]2O[C@H](C)C[C@H](N(C)C)[C@H]2O)[C@](C)(O)C[C@@H](C)CN(CCCNC(=O)CCCCCCCCCCCNC(=O)CCCC[C@@H]2SC[C@@H]3NC(=O)N[C@@H]32)[C@H](C)[C@@H](O)[C@]1(C)O. The first-order valence-corrected chi connectivity index (χ1v) is 33.2. The number of amides is 4. The minimum Gasteiger partial charge on any atom is -0.459 e. The number of likely N-dealkylation sites (N-methyl/N-ethyl adjacent to an activating group) is 1. The van der Waals surface area contributed by atoms with Crippen molar-refractivity contribution in [3.05, 3.63) is 0 Å². The Morgan fingerprint density at radius 3 is 2.02 bits per heavy atom. The molecule has 0 spiro atoms. The molecule has 0 aromatic rings. The molecule has 84 heavy (non-hydrogen) atoms. The molecule has 5 aliphatic heterocycles. The lowest BCUT2D eigenvalue weighted by Crippen LogP contribution is -2.60. The molecule has 0 aliphatic carbocycles. The minimum atomic E-state index is -1.91. The number of nitrogens with one attached hydrogen (secondary N) is 4. The lowest BCUT2D eigenvalue weighted by Gasteiger charge is -2.48. The third kappa shape index (κ3) is 20.5. The highest BCUT2D eigenvalue weighted by Gasteiger charge is 2.53. The zero-order chi connectivity index (χ0) is 62.1. The molecule has 5 fully saturated rings. The zero-order valence-corrected chi connectivity index (χ0v) is 54.3. The van der Waals surface area contributed by atoms with Gasteiger partial charge < -0.3 is 80.1 Å². The average Bonchev–Trinajstić information content (AvgIpc) is 2.01. The summed E-state index contributed by atoms with van der Waals surface area (Å²) in [4.78, 5) is 55.6. The van der Waals surface area contributed by atoms with Crippen LogP contribution in [0.15, 0.2) is 0 Å². The summed E-state index contributed by atoms with van der Waals surface area (Å²) in [5.41, 5.74) is -4.63. The smallest absolute Gasteiger partial charge is 0.315 e. The molecule has 0 aromatic carbocycles. The highest BCUT2D eigenvalue weighted by Crippen LogP contribution is 2.41. The van der Waals surface area contributed by atoms with Crippen LogP contribution >= 0.6 is 11.8 Å². The Bertz CT molecular complexity index is 2010. The van der Waals surface area contributed by atoms with Crippen molar-refractivity contribution in [3.63, 3.8) is 0 Å². The number of carbonyl (C=O) groups is 4. The van der Waals surface area contributed by atoms with E-state index in [2.05, 4.69) is 26.2 Å². The van der Waals surface area contributed by atoms with Gasteiger partial charge >= 0.3 is 12.0 Å². The summed E-state index contributed by atoms with van der Waals surface area (Å²) in [7, 11) is 5.27. The summed E-state index contributed by atoms with van der Waals surface area (Å²) in [6, 6.07) is -0.604. The number of urea groups is 1. The first-order chi connectivity index (χ1) is 39.6. The fourth-order valence-electron chi connectivity index (χ4n) is 13.7. The van der Waals surface area contributed by atoms with Crippen LogP contribution in [0.3, 0.4) is 0 Å². The molecule has 9 N–H and O–H groups in total. The van der Waals surface area contributed by atoms with Gasteiger partial charge in [0.1, 0.15) is 30.0 Å². The molecule has 0 bridgehead atoms. The molecule has 5 saturated heterocycles. The van der Waals surface area contributed by atoms with Crippen LogP contribution in [-0.2, 0) is 42.8 Å². The van der Waals surface area contributed by atoms with Gasteiger partial charge in [-0.3, -0.25) is 19.3 Å². The number of ether oxygens (including phenoxy) is 6. The number of fused-ring (bicyclic) bond motifs is 1. The number of cyclic esters (lactones) is 1. The summed E-state index contributed by atoms with van der Waals surface area (Å²) < 4.78 is 38.2. The number of carbonyl (C=O) groups excluding carboxylic acids is 4. The second kappa shape index (κ2) is 33.9. The Labute approximate surface area is 507 Å². The van der Waals surface area contributed by atoms with Gasteiger partial charge in [-0.25, -0.2) is 4.79 Å². The van der Waals surface area contributed by atoms with Gasteiger partial charge in [-0.1, -0.05) is 72.1 Å². The number of aliphatic hydroxyl groups is 5. The number of hydrogen-bond donors (Lipinski definition) is 9. The third-order valence-corrected chi connectivity index (χ3v) is 20.5. The highest BCUT2D eigenvalue weighted by molar-refractivity contribution is 8.00. The van der Waals surface area contributed by atoms with Crippen molar-refractivity contribution >= 4 is 35.6 Å². The molecule has 5 aliphatic rings. The van der Waals surface area contributed by atoms with Crippen LogP contribution in [0, 0.1) is 17.8 Å². The van der Waals surface area contributed by atoms with Crippen molar-refractivity contribution in [1.82, 2.24) is 31.1 Å². The molecule has 22 heteroatoms. The highest BCUT2D eigenvalue weighted by atomic mass is 32.2. The van der Waals surface area contributed by atoms with Crippen LogP contribution in [-0.4, -0.2) is 220 Å². The molecule has 0 aromatic heterocycles. The van der Waals surface area contributed by atoms with Gasteiger partial charge in [-0.15, -0.1) is 0 Å². The second-order valence-electron chi connectivity index (χ2n) is 26.6. The maximum Gasteiger partial charge on any atom is 0.315 e. The molecule has 4 amide bonds. The van der Waals surface area contributed by atoms with Crippen LogP contribution in [0.2, 0.25) is 0 Å². The van der Waals surface area contributed by atoms with Crippen molar-refractivity contribution in [2.75, 3.05) is 53.1 Å². The fraction of sp³-hybridized carbons (Fsp3) is 0.935. The van der Waals surface area contributed by atoms with E-state index in [4.69, 9.17) is 28.4 Å². The molecule has 21 atom stereocenters. The largest absolute Gasteiger partial charge is 0.459 e. The van der Waals surface area contributed by atoms with Crippen LogP contribution < -0.4 is 21.3 Å². The van der Waals surface area contributed by atoms with E-state index in [1.807, 2.05) is 58.5 Å². The molecule has 5 heterocycles. The number of rotatable bonds is 28. The number of methoxy groups -OCH3 is 1. The molecule has 5 rings (SSSR count). The van der Waals surface area contributed by atoms with Crippen LogP contribution in [0.5, 0.6) is 0 Å². The zero-order valence-electron chi connectivity index (χ0n) is 53.5. The Balaban J connectivity index is 1.13. The summed E-state index contributed by atoms with van der Waals surface area (Å²) in [6.07, 6.45) is 4.83. The average molecular weight is 1220 g/mol. The summed E-state index contributed by atoms with van der Waals surface area (Å²) >= 11 is 1.91. The monoisotopic (exact) mass is 1210 g/mol. The summed E-state index contributed by atoms with van der Waals surface area (Å²) in [5.74, 6) is -1.81. The summed E-state index contributed by atoms with van der Waals surface area (Å²) in [5, 5.41) is 72.9. The van der Waals surface area contributed by atoms with E-state index in [9.17, 15) is 44.7 Å². The molecule has 0 radical (unpaired) electrons. The van der Waals surface area contributed by atoms with Crippen molar-refractivity contribution in [1.29, 1.82) is 0 Å². The van der Waals surface area contributed by atoms with Crippen molar-refractivity contribution in [3.8, 4) is 0 Å². The van der Waals surface area contributed by atoms with Crippen molar-refractivity contribution in [2.24, 2.45) is 17.8 Å². The first-order valence-electron chi connectivity index (χ1n) is 32.1. The van der Waals surface area contributed by atoms with Gasteiger partial charge in [0.2, 0.25) is 11.8 Å². The number of esters is 1. The second-order valence-corrected chi connectivity index (χ2v) is 27.8. The molecule has 0 unspecified atom stereocenters. The standard InChI is InChI=1S/C62H114N6O15S/c1-14-47-62(10,77)54(72)42(6)68(32-26-31-64-48(69)28-22-20-18-16-15-17-19-21-25-30-63-49(70)29-24-23-27-46-51-44(37-84-46)65-59(75)66-51)36-38(2)34-60(8,76)56(83-58-52(71)45(67(11)12)33-39(3)79-58)40(4)53(41(5)57(74)81-47)82-50-35-61(9,78-13)55(73)43(7)80-50/h38-47,50-56,58,71-73,76-77H,14-37H2,1-13H3,(H,63,70)(H,64,69)(H2,65,66,75)/t38-,39-,40+,41-,42-,43+,44+,45+,46+,47-,50+,51+,52-,53+,54-,55+,56-,58+,60-,61-,62-/m1/s1. The van der Waals surface area contributed by atoms with E-state index in [1.165, 1.54) is 14.0 Å². The first kappa shape index (κ1) is 72.3. The van der Waals surface area contributed by atoms with E-state index in [-0.39, 0.29) is 67.3 Å². The van der Waals surface area contributed by atoms with E-state index in [1.54, 1.807) is 34.6 Å². The third-order valence-electron chi connectivity index (χ3n) is 19.0.